The highest BCUT2D eigenvalue weighted by Crippen LogP contribution is 2.16. The number of rotatable bonds is 4. The third kappa shape index (κ3) is 4.34. The van der Waals surface area contributed by atoms with Gasteiger partial charge < -0.3 is 9.80 Å². The SMILES string of the molecule is Cc1nnc(CN2CCCN(C(=O)c3cnc(N(C)C)nc3C)CC2)s1. The first kappa shape index (κ1) is 18.7. The summed E-state index contributed by atoms with van der Waals surface area (Å²) in [6, 6.07) is 0. The Morgan fingerprint density at radius 2 is 2.00 bits per heavy atom. The van der Waals surface area contributed by atoms with E-state index >= 15 is 0 Å². The number of carbonyl (C=O) groups is 1. The molecule has 140 valence electrons. The highest BCUT2D eigenvalue weighted by atomic mass is 32.1. The van der Waals surface area contributed by atoms with Crippen LogP contribution in [-0.2, 0) is 6.54 Å². The number of aryl methyl sites for hydroxylation is 2. The van der Waals surface area contributed by atoms with Gasteiger partial charge in [0.25, 0.3) is 5.91 Å². The minimum Gasteiger partial charge on any atom is -0.347 e. The van der Waals surface area contributed by atoms with Gasteiger partial charge in [0.05, 0.1) is 17.8 Å². The largest absolute Gasteiger partial charge is 0.347 e. The van der Waals surface area contributed by atoms with Gasteiger partial charge in [0.1, 0.15) is 10.0 Å². The number of aromatic nitrogens is 4. The molecule has 9 heteroatoms. The molecule has 0 N–H and O–H groups in total. The quantitative estimate of drug-likeness (QED) is 0.798. The Balaban J connectivity index is 1.64. The Bertz CT molecular complexity index is 776. The standard InChI is InChI=1S/C17H25N7OS/c1-12-14(10-18-17(19-12)22(3)4)16(25)24-7-5-6-23(8-9-24)11-15-21-20-13(2)26-15/h10H,5-9,11H2,1-4H3. The van der Waals surface area contributed by atoms with Crippen molar-refractivity contribution in [2.45, 2.75) is 26.8 Å². The van der Waals surface area contributed by atoms with Gasteiger partial charge in [-0.15, -0.1) is 21.5 Å². The Kier molecular flexibility index (Phi) is 5.77. The van der Waals surface area contributed by atoms with Crippen molar-refractivity contribution in [3.63, 3.8) is 0 Å². The maximum absolute atomic E-state index is 12.9. The number of amides is 1. The van der Waals surface area contributed by atoms with Crippen LogP contribution >= 0.6 is 11.3 Å². The lowest BCUT2D eigenvalue weighted by atomic mass is 10.2. The molecule has 0 radical (unpaired) electrons. The van der Waals surface area contributed by atoms with Crippen LogP contribution in [0.3, 0.4) is 0 Å². The summed E-state index contributed by atoms with van der Waals surface area (Å²) in [5.41, 5.74) is 1.31. The fourth-order valence-electron chi connectivity index (χ4n) is 2.98. The van der Waals surface area contributed by atoms with Crippen molar-refractivity contribution in [1.82, 2.24) is 30.0 Å². The predicted molar refractivity (Wildman–Crippen MR) is 102 cm³/mol. The van der Waals surface area contributed by atoms with Gasteiger partial charge in [0, 0.05) is 46.5 Å². The monoisotopic (exact) mass is 375 g/mol. The Morgan fingerprint density at radius 3 is 2.65 bits per heavy atom. The molecule has 3 rings (SSSR count). The van der Waals surface area contributed by atoms with E-state index in [2.05, 4.69) is 25.1 Å². The summed E-state index contributed by atoms with van der Waals surface area (Å²) in [6.45, 7) is 7.87. The fraction of sp³-hybridized carbons (Fsp3) is 0.588. The van der Waals surface area contributed by atoms with Crippen LogP contribution in [0.5, 0.6) is 0 Å². The molecular weight excluding hydrogens is 350 g/mol. The molecule has 0 bridgehead atoms. The minimum absolute atomic E-state index is 0.0152. The van der Waals surface area contributed by atoms with E-state index < -0.39 is 0 Å². The lowest BCUT2D eigenvalue weighted by molar-refractivity contribution is 0.0759. The molecule has 0 aliphatic carbocycles. The van der Waals surface area contributed by atoms with Gasteiger partial charge in [-0.3, -0.25) is 9.69 Å². The topological polar surface area (TPSA) is 78.4 Å². The van der Waals surface area contributed by atoms with Gasteiger partial charge in [0.2, 0.25) is 5.95 Å². The molecule has 0 unspecified atom stereocenters. The van der Waals surface area contributed by atoms with E-state index in [1.807, 2.05) is 37.7 Å². The van der Waals surface area contributed by atoms with Gasteiger partial charge >= 0.3 is 0 Å². The van der Waals surface area contributed by atoms with Gasteiger partial charge in [-0.05, 0) is 20.3 Å². The predicted octanol–water partition coefficient (Wildman–Crippen LogP) is 1.36. The highest BCUT2D eigenvalue weighted by molar-refractivity contribution is 7.11. The zero-order valence-corrected chi connectivity index (χ0v) is 16.6. The second kappa shape index (κ2) is 8.05. The molecule has 26 heavy (non-hydrogen) atoms. The van der Waals surface area contributed by atoms with Crippen LogP contribution in [0.4, 0.5) is 5.95 Å². The average Bonchev–Trinajstić information content (AvgIpc) is 2.87. The van der Waals surface area contributed by atoms with Crippen molar-refractivity contribution in [1.29, 1.82) is 0 Å². The second-order valence-electron chi connectivity index (χ2n) is 6.70. The first-order valence-electron chi connectivity index (χ1n) is 8.75. The highest BCUT2D eigenvalue weighted by Gasteiger charge is 2.23. The van der Waals surface area contributed by atoms with Crippen molar-refractivity contribution in [3.8, 4) is 0 Å². The van der Waals surface area contributed by atoms with E-state index in [4.69, 9.17) is 0 Å². The number of carbonyl (C=O) groups excluding carboxylic acids is 1. The molecule has 1 aliphatic heterocycles. The van der Waals surface area contributed by atoms with E-state index in [1.54, 1.807) is 17.5 Å². The van der Waals surface area contributed by atoms with Crippen molar-refractivity contribution < 1.29 is 4.79 Å². The summed E-state index contributed by atoms with van der Waals surface area (Å²) in [5, 5.41) is 10.3. The van der Waals surface area contributed by atoms with Crippen molar-refractivity contribution in [2.75, 3.05) is 45.2 Å². The number of anilines is 1. The van der Waals surface area contributed by atoms with Crippen LogP contribution in [-0.4, -0.2) is 76.1 Å². The third-order valence-corrected chi connectivity index (χ3v) is 5.22. The van der Waals surface area contributed by atoms with E-state index in [-0.39, 0.29) is 5.91 Å². The lowest BCUT2D eigenvalue weighted by Crippen LogP contribution is -2.35. The molecule has 0 spiro atoms. The minimum atomic E-state index is 0.0152. The zero-order valence-electron chi connectivity index (χ0n) is 15.8. The molecule has 8 nitrogen and oxygen atoms in total. The Labute approximate surface area is 157 Å². The smallest absolute Gasteiger partial charge is 0.257 e. The summed E-state index contributed by atoms with van der Waals surface area (Å²) in [7, 11) is 3.78. The Hall–Kier alpha value is -2.13. The molecule has 0 aromatic carbocycles. The lowest BCUT2D eigenvalue weighted by Gasteiger charge is -2.22. The molecule has 1 amide bonds. The third-order valence-electron chi connectivity index (χ3n) is 4.40. The summed E-state index contributed by atoms with van der Waals surface area (Å²) < 4.78 is 0. The molecular formula is C17H25N7OS. The molecule has 2 aromatic rings. The first-order chi connectivity index (χ1) is 12.4. The zero-order chi connectivity index (χ0) is 18.7. The normalized spacial score (nSPS) is 15.8. The Morgan fingerprint density at radius 1 is 1.19 bits per heavy atom. The molecule has 1 fully saturated rings. The molecule has 0 atom stereocenters. The van der Waals surface area contributed by atoms with Crippen molar-refractivity contribution >= 4 is 23.2 Å². The van der Waals surface area contributed by atoms with Crippen molar-refractivity contribution in [3.05, 3.63) is 27.5 Å². The molecule has 0 saturated carbocycles. The molecule has 2 aromatic heterocycles. The van der Waals surface area contributed by atoms with Gasteiger partial charge in [-0.25, -0.2) is 9.97 Å². The van der Waals surface area contributed by atoms with Crippen LogP contribution in [0.25, 0.3) is 0 Å². The fourth-order valence-corrected chi connectivity index (χ4v) is 3.73. The molecule has 1 saturated heterocycles. The number of hydrogen-bond acceptors (Lipinski definition) is 8. The van der Waals surface area contributed by atoms with Crippen LogP contribution in [0.2, 0.25) is 0 Å². The van der Waals surface area contributed by atoms with Crippen LogP contribution in [0, 0.1) is 13.8 Å². The molecule has 3 heterocycles. The summed E-state index contributed by atoms with van der Waals surface area (Å²) in [5.74, 6) is 0.634. The van der Waals surface area contributed by atoms with E-state index in [0.29, 0.717) is 18.1 Å². The van der Waals surface area contributed by atoms with Crippen LogP contribution in [0.1, 0.15) is 32.5 Å². The summed E-state index contributed by atoms with van der Waals surface area (Å²) in [4.78, 5) is 27.7. The van der Waals surface area contributed by atoms with Gasteiger partial charge in [-0.1, -0.05) is 0 Å². The number of hydrogen-bond donors (Lipinski definition) is 0. The summed E-state index contributed by atoms with van der Waals surface area (Å²) in [6.07, 6.45) is 2.59. The van der Waals surface area contributed by atoms with Crippen molar-refractivity contribution in [2.24, 2.45) is 0 Å². The maximum atomic E-state index is 12.9. The van der Waals surface area contributed by atoms with E-state index in [9.17, 15) is 4.79 Å². The van der Waals surface area contributed by atoms with Crippen LogP contribution in [0.15, 0.2) is 6.20 Å². The van der Waals surface area contributed by atoms with E-state index in [1.165, 1.54) is 0 Å². The van der Waals surface area contributed by atoms with Gasteiger partial charge in [0.15, 0.2) is 0 Å². The molecule has 1 aliphatic rings. The summed E-state index contributed by atoms with van der Waals surface area (Å²) >= 11 is 1.63. The maximum Gasteiger partial charge on any atom is 0.257 e. The second-order valence-corrected chi connectivity index (χ2v) is 7.97. The average molecular weight is 376 g/mol. The van der Waals surface area contributed by atoms with Gasteiger partial charge in [-0.2, -0.15) is 0 Å². The number of nitrogens with zero attached hydrogens (tertiary/aromatic N) is 7. The van der Waals surface area contributed by atoms with Crippen LogP contribution < -0.4 is 4.90 Å². The van der Waals surface area contributed by atoms with E-state index in [0.717, 1.165) is 48.3 Å². The first-order valence-corrected chi connectivity index (χ1v) is 9.57.